The van der Waals surface area contributed by atoms with Crippen LogP contribution in [0.1, 0.15) is 49.0 Å². The lowest BCUT2D eigenvalue weighted by Gasteiger charge is -2.14. The Hall–Kier alpha value is -2.24. The summed E-state index contributed by atoms with van der Waals surface area (Å²) in [6, 6.07) is 6.12. The molecule has 0 atom stereocenters. The zero-order valence-corrected chi connectivity index (χ0v) is 12.3. The van der Waals surface area contributed by atoms with Crippen LogP contribution >= 0.6 is 0 Å². The standard InChI is InChI=1S/C16H19FN4O/c17-12-7-9-14(10-8-12)21-11-15(19-20-21)16(22)18-13-5-3-1-2-4-6-13/h7-11,13H,1-6H2,(H,18,22). The molecule has 1 fully saturated rings. The van der Waals surface area contributed by atoms with Gasteiger partial charge in [0.15, 0.2) is 5.69 Å². The summed E-state index contributed by atoms with van der Waals surface area (Å²) in [7, 11) is 0. The second kappa shape index (κ2) is 6.68. The number of nitrogens with one attached hydrogen (secondary N) is 1. The predicted octanol–water partition coefficient (Wildman–Crippen LogP) is 2.86. The van der Waals surface area contributed by atoms with Crippen LogP contribution in [-0.4, -0.2) is 26.9 Å². The van der Waals surface area contributed by atoms with Gasteiger partial charge in [-0.15, -0.1) is 5.10 Å². The van der Waals surface area contributed by atoms with Gasteiger partial charge in [0.2, 0.25) is 0 Å². The van der Waals surface area contributed by atoms with Crippen molar-refractivity contribution >= 4 is 5.91 Å². The van der Waals surface area contributed by atoms with Crippen LogP contribution in [0, 0.1) is 5.82 Å². The molecule has 1 heterocycles. The lowest BCUT2D eigenvalue weighted by atomic mass is 10.1. The lowest BCUT2D eigenvalue weighted by Crippen LogP contribution is -2.34. The summed E-state index contributed by atoms with van der Waals surface area (Å²) in [5.41, 5.74) is 0.955. The topological polar surface area (TPSA) is 59.8 Å². The van der Waals surface area contributed by atoms with Crippen molar-refractivity contribution in [2.75, 3.05) is 0 Å². The number of aromatic nitrogens is 3. The monoisotopic (exact) mass is 302 g/mol. The third-order valence-electron chi connectivity index (χ3n) is 4.01. The number of hydrogen-bond acceptors (Lipinski definition) is 3. The third kappa shape index (κ3) is 3.50. The highest BCUT2D eigenvalue weighted by Gasteiger charge is 2.18. The summed E-state index contributed by atoms with van der Waals surface area (Å²) in [6.45, 7) is 0. The van der Waals surface area contributed by atoms with Crippen LogP contribution in [0.2, 0.25) is 0 Å². The van der Waals surface area contributed by atoms with E-state index in [0.29, 0.717) is 5.69 Å². The van der Waals surface area contributed by atoms with E-state index >= 15 is 0 Å². The molecular formula is C16H19FN4O. The first-order valence-electron chi connectivity index (χ1n) is 7.71. The van der Waals surface area contributed by atoms with E-state index in [1.165, 1.54) is 29.7 Å². The highest BCUT2D eigenvalue weighted by molar-refractivity contribution is 5.92. The molecule has 1 aliphatic rings. The molecule has 1 aromatic carbocycles. The first kappa shape index (κ1) is 14.7. The van der Waals surface area contributed by atoms with Crippen LogP contribution in [0.3, 0.4) is 0 Å². The summed E-state index contributed by atoms with van der Waals surface area (Å²) in [6.07, 6.45) is 8.43. The molecule has 1 aromatic heterocycles. The Labute approximate surface area is 128 Å². The predicted molar refractivity (Wildman–Crippen MR) is 80.3 cm³/mol. The number of carbonyl (C=O) groups excluding carboxylic acids is 1. The lowest BCUT2D eigenvalue weighted by molar-refractivity contribution is 0.0928. The summed E-state index contributed by atoms with van der Waals surface area (Å²) >= 11 is 0. The fourth-order valence-electron chi connectivity index (χ4n) is 2.77. The van der Waals surface area contributed by atoms with Crippen LogP contribution in [0.15, 0.2) is 30.5 Å². The van der Waals surface area contributed by atoms with Gasteiger partial charge < -0.3 is 5.32 Å². The minimum atomic E-state index is -0.310. The Morgan fingerprint density at radius 1 is 1.14 bits per heavy atom. The van der Waals surface area contributed by atoms with Crippen molar-refractivity contribution in [2.24, 2.45) is 0 Å². The Kier molecular flexibility index (Phi) is 4.46. The second-order valence-corrected chi connectivity index (χ2v) is 5.69. The Morgan fingerprint density at radius 3 is 2.50 bits per heavy atom. The molecule has 0 bridgehead atoms. The first-order valence-corrected chi connectivity index (χ1v) is 7.71. The maximum atomic E-state index is 12.9. The van der Waals surface area contributed by atoms with Gasteiger partial charge in [0.25, 0.3) is 5.91 Å². The van der Waals surface area contributed by atoms with Crippen molar-refractivity contribution in [1.82, 2.24) is 20.3 Å². The maximum absolute atomic E-state index is 12.9. The highest BCUT2D eigenvalue weighted by Crippen LogP contribution is 2.17. The molecular weight excluding hydrogens is 283 g/mol. The zero-order valence-electron chi connectivity index (χ0n) is 12.3. The van der Waals surface area contributed by atoms with Gasteiger partial charge in [0.05, 0.1) is 11.9 Å². The van der Waals surface area contributed by atoms with Gasteiger partial charge >= 0.3 is 0 Å². The molecule has 2 aromatic rings. The summed E-state index contributed by atoms with van der Waals surface area (Å²) in [5, 5.41) is 10.9. The molecule has 1 N–H and O–H groups in total. The Morgan fingerprint density at radius 2 is 1.82 bits per heavy atom. The number of amides is 1. The molecule has 5 nitrogen and oxygen atoms in total. The van der Waals surface area contributed by atoms with Gasteiger partial charge in [0, 0.05) is 6.04 Å². The second-order valence-electron chi connectivity index (χ2n) is 5.69. The van der Waals surface area contributed by atoms with E-state index in [1.54, 1.807) is 18.3 Å². The van der Waals surface area contributed by atoms with Crippen LogP contribution < -0.4 is 5.32 Å². The fourth-order valence-corrected chi connectivity index (χ4v) is 2.77. The summed E-state index contributed by atoms with van der Waals surface area (Å²) < 4.78 is 14.4. The van der Waals surface area contributed by atoms with E-state index in [0.717, 1.165) is 25.7 Å². The average molecular weight is 302 g/mol. The normalized spacial score (nSPS) is 16.2. The van der Waals surface area contributed by atoms with Crippen LogP contribution in [-0.2, 0) is 0 Å². The van der Waals surface area contributed by atoms with Crippen molar-refractivity contribution in [2.45, 2.75) is 44.6 Å². The molecule has 3 rings (SSSR count). The molecule has 0 saturated heterocycles. The fraction of sp³-hybridized carbons (Fsp3) is 0.438. The highest BCUT2D eigenvalue weighted by atomic mass is 19.1. The van der Waals surface area contributed by atoms with Crippen molar-refractivity contribution in [1.29, 1.82) is 0 Å². The molecule has 22 heavy (non-hydrogen) atoms. The molecule has 1 amide bonds. The molecule has 0 spiro atoms. The van der Waals surface area contributed by atoms with E-state index in [9.17, 15) is 9.18 Å². The first-order chi connectivity index (χ1) is 10.7. The Bertz CT molecular complexity index is 630. The number of hydrogen-bond donors (Lipinski definition) is 1. The smallest absolute Gasteiger partial charge is 0.273 e. The van der Waals surface area contributed by atoms with Crippen molar-refractivity contribution in [3.8, 4) is 5.69 Å². The van der Waals surface area contributed by atoms with Gasteiger partial charge in [-0.1, -0.05) is 30.9 Å². The minimum Gasteiger partial charge on any atom is -0.348 e. The average Bonchev–Trinajstić information content (AvgIpc) is 2.88. The van der Waals surface area contributed by atoms with Crippen molar-refractivity contribution in [3.63, 3.8) is 0 Å². The van der Waals surface area contributed by atoms with Crippen LogP contribution in [0.4, 0.5) is 4.39 Å². The summed E-state index contributed by atoms with van der Waals surface area (Å²) in [5.74, 6) is -0.504. The van der Waals surface area contributed by atoms with Crippen molar-refractivity contribution < 1.29 is 9.18 Å². The number of halogens is 1. The number of benzene rings is 1. The van der Waals surface area contributed by atoms with E-state index in [2.05, 4.69) is 15.6 Å². The number of rotatable bonds is 3. The Balaban J connectivity index is 1.67. The van der Waals surface area contributed by atoms with Crippen molar-refractivity contribution in [3.05, 3.63) is 42.0 Å². The number of carbonyl (C=O) groups is 1. The molecule has 0 aliphatic heterocycles. The van der Waals surface area contributed by atoms with E-state index in [1.807, 2.05) is 0 Å². The van der Waals surface area contributed by atoms with Gasteiger partial charge in [0.1, 0.15) is 5.82 Å². The summed E-state index contributed by atoms with van der Waals surface area (Å²) in [4.78, 5) is 12.2. The SMILES string of the molecule is O=C(NC1CCCCCC1)c1cn(-c2ccc(F)cc2)nn1. The van der Waals surface area contributed by atoms with Gasteiger partial charge in [-0.3, -0.25) is 4.79 Å². The molecule has 0 radical (unpaired) electrons. The quantitative estimate of drug-likeness (QED) is 0.887. The maximum Gasteiger partial charge on any atom is 0.273 e. The largest absolute Gasteiger partial charge is 0.348 e. The molecule has 116 valence electrons. The molecule has 1 saturated carbocycles. The van der Waals surface area contributed by atoms with Crippen LogP contribution in [0.25, 0.3) is 5.69 Å². The molecule has 1 aliphatic carbocycles. The van der Waals surface area contributed by atoms with Gasteiger partial charge in [-0.05, 0) is 37.1 Å². The van der Waals surface area contributed by atoms with E-state index in [4.69, 9.17) is 0 Å². The zero-order chi connectivity index (χ0) is 15.4. The number of nitrogens with zero attached hydrogens (tertiary/aromatic N) is 3. The third-order valence-corrected chi connectivity index (χ3v) is 4.01. The minimum absolute atomic E-state index is 0.194. The van der Waals surface area contributed by atoms with E-state index in [-0.39, 0.29) is 23.5 Å². The van der Waals surface area contributed by atoms with E-state index < -0.39 is 0 Å². The van der Waals surface area contributed by atoms with Gasteiger partial charge in [-0.2, -0.15) is 0 Å². The molecule has 6 heteroatoms. The molecule has 0 unspecified atom stereocenters. The van der Waals surface area contributed by atoms with Crippen LogP contribution in [0.5, 0.6) is 0 Å². The van der Waals surface area contributed by atoms with Gasteiger partial charge in [-0.25, -0.2) is 9.07 Å².